The van der Waals surface area contributed by atoms with E-state index < -0.39 is 6.04 Å². The van der Waals surface area contributed by atoms with Crippen molar-refractivity contribution in [1.82, 2.24) is 29.9 Å². The van der Waals surface area contributed by atoms with Gasteiger partial charge < -0.3 is 10.3 Å². The number of hydrogen-bond acceptors (Lipinski definition) is 4. The number of hydrogen-bond donors (Lipinski definition) is 2. The first-order valence-electron chi connectivity index (χ1n) is 11.3. The first-order valence-corrected chi connectivity index (χ1v) is 11.3. The van der Waals surface area contributed by atoms with E-state index in [1.54, 1.807) is 11.6 Å². The normalized spacial score (nSPS) is 12.3. The molecule has 8 nitrogen and oxygen atoms in total. The number of nitrogens with one attached hydrogen (secondary N) is 2. The van der Waals surface area contributed by atoms with Gasteiger partial charge in [-0.15, -0.1) is 0 Å². The second kappa shape index (κ2) is 8.62. The van der Waals surface area contributed by atoms with Crippen LogP contribution in [0.15, 0.2) is 65.6 Å². The molecule has 5 aromatic rings. The third kappa shape index (κ3) is 3.67. The van der Waals surface area contributed by atoms with Crippen LogP contribution < -0.4 is 10.9 Å². The average molecular weight is 455 g/mol. The van der Waals surface area contributed by atoms with E-state index in [0.717, 1.165) is 27.8 Å². The van der Waals surface area contributed by atoms with Crippen molar-refractivity contribution in [3.05, 3.63) is 88.1 Å². The van der Waals surface area contributed by atoms with Gasteiger partial charge in [-0.3, -0.25) is 9.59 Å². The molecule has 0 saturated heterocycles. The van der Waals surface area contributed by atoms with Crippen molar-refractivity contribution in [3.63, 3.8) is 0 Å². The highest BCUT2D eigenvalue weighted by atomic mass is 16.2. The van der Waals surface area contributed by atoms with Crippen LogP contribution >= 0.6 is 0 Å². The van der Waals surface area contributed by atoms with Crippen LogP contribution in [0.5, 0.6) is 0 Å². The van der Waals surface area contributed by atoms with Gasteiger partial charge in [0.15, 0.2) is 0 Å². The van der Waals surface area contributed by atoms with E-state index in [1.807, 2.05) is 68.6 Å². The van der Waals surface area contributed by atoms with E-state index in [4.69, 9.17) is 0 Å². The lowest BCUT2D eigenvalue weighted by Crippen LogP contribution is -2.38. The lowest BCUT2D eigenvalue weighted by Gasteiger charge is -2.15. The van der Waals surface area contributed by atoms with Gasteiger partial charge in [-0.05, 0) is 51.0 Å². The van der Waals surface area contributed by atoms with Gasteiger partial charge in [0.2, 0.25) is 5.91 Å². The Morgan fingerprint density at radius 2 is 1.79 bits per heavy atom. The van der Waals surface area contributed by atoms with Gasteiger partial charge in [-0.2, -0.15) is 10.2 Å². The minimum Gasteiger partial charge on any atom is -0.361 e. The molecule has 0 aliphatic heterocycles. The molecule has 0 aliphatic carbocycles. The van der Waals surface area contributed by atoms with Gasteiger partial charge in [0.05, 0.1) is 22.5 Å². The van der Waals surface area contributed by atoms with Crippen molar-refractivity contribution in [2.45, 2.75) is 33.2 Å². The van der Waals surface area contributed by atoms with Gasteiger partial charge in [-0.1, -0.05) is 36.4 Å². The van der Waals surface area contributed by atoms with Crippen LogP contribution in [-0.2, 0) is 11.2 Å². The maximum Gasteiger partial charge on any atom is 0.278 e. The van der Waals surface area contributed by atoms with E-state index in [2.05, 4.69) is 26.6 Å². The van der Waals surface area contributed by atoms with Crippen LogP contribution in [0.1, 0.15) is 29.9 Å². The summed E-state index contributed by atoms with van der Waals surface area (Å²) in [6.07, 6.45) is 2.66. The molecule has 8 heteroatoms. The molecule has 0 aliphatic rings. The van der Waals surface area contributed by atoms with Crippen molar-refractivity contribution in [3.8, 4) is 5.69 Å². The molecule has 2 N–H and O–H groups in total. The number of para-hydroxylation sites is 2. The van der Waals surface area contributed by atoms with E-state index >= 15 is 0 Å². The number of benzene rings is 2. The largest absolute Gasteiger partial charge is 0.361 e. The zero-order valence-corrected chi connectivity index (χ0v) is 19.4. The number of carbonyl (C=O) groups excluding carboxylic acids is 1. The zero-order chi connectivity index (χ0) is 23.8. The van der Waals surface area contributed by atoms with E-state index in [1.165, 1.54) is 4.68 Å². The van der Waals surface area contributed by atoms with Crippen LogP contribution in [0.4, 0.5) is 0 Å². The summed E-state index contributed by atoms with van der Waals surface area (Å²) in [7, 11) is 0. The fourth-order valence-electron chi connectivity index (χ4n) is 4.38. The van der Waals surface area contributed by atoms with Crippen LogP contribution in [0.2, 0.25) is 0 Å². The van der Waals surface area contributed by atoms with Crippen molar-refractivity contribution in [2.75, 3.05) is 6.54 Å². The number of fused-ring (bicyclic) bond motifs is 2. The minimum absolute atomic E-state index is 0.249. The highest BCUT2D eigenvalue weighted by molar-refractivity contribution is 5.85. The molecular formula is C26H26N6O2. The molecule has 34 heavy (non-hydrogen) atoms. The molecule has 0 unspecified atom stereocenters. The SMILES string of the molecule is Cc1nn([C@H](C)C(=O)NCCc2c[nH]c3ccccc23)c(=O)c2c(C)n(-c3ccccc3)nc12. The maximum absolute atomic E-state index is 13.4. The highest BCUT2D eigenvalue weighted by Gasteiger charge is 2.23. The molecule has 0 radical (unpaired) electrons. The minimum atomic E-state index is -0.752. The number of nitrogens with zero attached hydrogens (tertiary/aromatic N) is 4. The summed E-state index contributed by atoms with van der Waals surface area (Å²) in [5.74, 6) is -0.249. The number of aryl methyl sites for hydroxylation is 2. The Balaban J connectivity index is 1.38. The number of aromatic nitrogens is 5. The number of rotatable bonds is 6. The Morgan fingerprint density at radius 1 is 1.06 bits per heavy atom. The topological polar surface area (TPSA) is 97.6 Å². The van der Waals surface area contributed by atoms with Crippen molar-refractivity contribution < 1.29 is 4.79 Å². The summed E-state index contributed by atoms with van der Waals surface area (Å²) in [6.45, 7) is 5.82. The predicted octanol–water partition coefficient (Wildman–Crippen LogP) is 3.60. The second-order valence-corrected chi connectivity index (χ2v) is 8.47. The Hall–Kier alpha value is -4.20. The molecule has 0 saturated carbocycles. The Labute approximate surface area is 196 Å². The molecule has 0 bridgehead atoms. The smallest absolute Gasteiger partial charge is 0.278 e. The summed E-state index contributed by atoms with van der Waals surface area (Å²) < 4.78 is 3.01. The molecule has 1 atom stereocenters. The molecule has 0 spiro atoms. The fraction of sp³-hybridized carbons (Fsp3) is 0.231. The quantitative estimate of drug-likeness (QED) is 0.410. The van der Waals surface area contributed by atoms with Gasteiger partial charge in [-0.25, -0.2) is 9.36 Å². The molecule has 1 amide bonds. The van der Waals surface area contributed by atoms with E-state index in [9.17, 15) is 9.59 Å². The number of H-pyrrole nitrogens is 1. The molecule has 172 valence electrons. The lowest BCUT2D eigenvalue weighted by atomic mass is 10.1. The van der Waals surface area contributed by atoms with Gasteiger partial charge in [0.25, 0.3) is 5.56 Å². The monoisotopic (exact) mass is 454 g/mol. The Kier molecular flexibility index (Phi) is 5.49. The molecule has 3 heterocycles. The number of carbonyl (C=O) groups is 1. The molecule has 3 aromatic heterocycles. The van der Waals surface area contributed by atoms with Gasteiger partial charge in [0, 0.05) is 23.6 Å². The Morgan fingerprint density at radius 3 is 2.59 bits per heavy atom. The third-order valence-electron chi connectivity index (χ3n) is 6.25. The van der Waals surface area contributed by atoms with Crippen LogP contribution in [-0.4, -0.2) is 37.0 Å². The second-order valence-electron chi connectivity index (χ2n) is 8.47. The Bertz CT molecular complexity index is 1560. The average Bonchev–Trinajstić information content (AvgIpc) is 3.43. The maximum atomic E-state index is 13.4. The summed E-state index contributed by atoms with van der Waals surface area (Å²) in [5, 5.41) is 13.6. The van der Waals surface area contributed by atoms with Crippen LogP contribution in [0, 0.1) is 13.8 Å². The fourth-order valence-corrected chi connectivity index (χ4v) is 4.38. The molecule has 2 aromatic carbocycles. The standard InChI is InChI=1S/C26H26N6O2/c1-16-24-23(17(2)31(30-24)20-9-5-4-6-10-20)26(34)32(29-16)18(3)25(33)27-14-13-19-15-28-22-12-8-7-11-21(19)22/h4-12,15,18,28H,13-14H2,1-3H3,(H,27,33)/t18-/m1/s1. The van der Waals surface area contributed by atoms with Crippen LogP contribution in [0.3, 0.4) is 0 Å². The number of aromatic amines is 1. The zero-order valence-electron chi connectivity index (χ0n) is 19.4. The van der Waals surface area contributed by atoms with Crippen molar-refractivity contribution >= 4 is 27.7 Å². The molecule has 5 rings (SSSR count). The number of amides is 1. The first kappa shape index (κ1) is 21.6. The summed E-state index contributed by atoms with van der Waals surface area (Å²) in [5.41, 5.74) is 4.63. The summed E-state index contributed by atoms with van der Waals surface area (Å²) >= 11 is 0. The van der Waals surface area contributed by atoms with Gasteiger partial charge in [0.1, 0.15) is 11.6 Å². The van der Waals surface area contributed by atoms with Gasteiger partial charge >= 0.3 is 0 Å². The molecular weight excluding hydrogens is 428 g/mol. The first-order chi connectivity index (χ1) is 16.5. The third-order valence-corrected chi connectivity index (χ3v) is 6.25. The van der Waals surface area contributed by atoms with Crippen molar-refractivity contribution in [2.24, 2.45) is 0 Å². The predicted molar refractivity (Wildman–Crippen MR) is 132 cm³/mol. The molecule has 0 fully saturated rings. The van der Waals surface area contributed by atoms with E-state index in [-0.39, 0.29) is 11.5 Å². The lowest BCUT2D eigenvalue weighted by molar-refractivity contribution is -0.124. The summed E-state index contributed by atoms with van der Waals surface area (Å²) in [6, 6.07) is 17.0. The van der Waals surface area contributed by atoms with Crippen LogP contribution in [0.25, 0.3) is 27.5 Å². The highest BCUT2D eigenvalue weighted by Crippen LogP contribution is 2.21. The van der Waals surface area contributed by atoms with Crippen molar-refractivity contribution in [1.29, 1.82) is 0 Å². The summed E-state index contributed by atoms with van der Waals surface area (Å²) in [4.78, 5) is 29.5. The van der Waals surface area contributed by atoms with E-state index in [0.29, 0.717) is 29.6 Å².